The van der Waals surface area contributed by atoms with Gasteiger partial charge in [0, 0.05) is 17.7 Å². The molecule has 0 amide bonds. The average molecular weight is 272 g/mol. The Hall–Kier alpha value is -2.62. The zero-order valence-corrected chi connectivity index (χ0v) is 11.3. The van der Waals surface area contributed by atoms with Gasteiger partial charge in [0.15, 0.2) is 0 Å². The van der Waals surface area contributed by atoms with E-state index in [0.29, 0.717) is 17.1 Å². The van der Waals surface area contributed by atoms with Crippen LogP contribution in [0.25, 0.3) is 12.2 Å². The van der Waals surface area contributed by atoms with E-state index in [1.807, 2.05) is 18.2 Å². The summed E-state index contributed by atoms with van der Waals surface area (Å²) in [7, 11) is 3.18. The Morgan fingerprint density at radius 3 is 2.05 bits per heavy atom. The molecule has 0 unspecified atom stereocenters. The molecule has 2 rings (SSSR count). The fraction of sp³-hybridized carbons (Fsp3) is 0.125. The topological polar surface area (TPSA) is 58.9 Å². The van der Waals surface area contributed by atoms with E-state index in [2.05, 4.69) is 0 Å². The molecular formula is C16H16O4. The lowest BCUT2D eigenvalue weighted by atomic mass is 10.1. The van der Waals surface area contributed by atoms with Gasteiger partial charge in [0.25, 0.3) is 0 Å². The van der Waals surface area contributed by atoms with Gasteiger partial charge < -0.3 is 19.7 Å². The van der Waals surface area contributed by atoms with Crippen LogP contribution in [0.15, 0.2) is 36.4 Å². The van der Waals surface area contributed by atoms with E-state index in [1.54, 1.807) is 32.4 Å². The molecule has 0 spiro atoms. The first-order valence-electron chi connectivity index (χ1n) is 6.05. The van der Waals surface area contributed by atoms with Gasteiger partial charge in [-0.2, -0.15) is 0 Å². The van der Waals surface area contributed by atoms with Crippen molar-refractivity contribution in [1.29, 1.82) is 0 Å². The molecule has 0 bridgehead atoms. The van der Waals surface area contributed by atoms with Gasteiger partial charge in [0.1, 0.15) is 23.0 Å². The van der Waals surface area contributed by atoms with Gasteiger partial charge in [-0.15, -0.1) is 0 Å². The highest BCUT2D eigenvalue weighted by Gasteiger charge is 2.01. The van der Waals surface area contributed by atoms with Crippen LogP contribution in [0.5, 0.6) is 23.0 Å². The number of phenolic OH excluding ortho intramolecular Hbond substituents is 2. The molecule has 0 radical (unpaired) electrons. The lowest BCUT2D eigenvalue weighted by molar-refractivity contribution is 0.394. The fourth-order valence-corrected chi connectivity index (χ4v) is 1.78. The van der Waals surface area contributed by atoms with E-state index in [4.69, 9.17) is 9.47 Å². The Bertz CT molecular complexity index is 610. The highest BCUT2D eigenvalue weighted by atomic mass is 16.5. The minimum absolute atomic E-state index is 0.0242. The van der Waals surface area contributed by atoms with Gasteiger partial charge in [-0.3, -0.25) is 0 Å². The maximum atomic E-state index is 9.71. The average Bonchev–Trinajstić information content (AvgIpc) is 2.46. The van der Waals surface area contributed by atoms with Crippen LogP contribution in [0.1, 0.15) is 11.1 Å². The van der Waals surface area contributed by atoms with E-state index in [0.717, 1.165) is 5.56 Å². The summed E-state index contributed by atoms with van der Waals surface area (Å²) in [6.45, 7) is 0. The highest BCUT2D eigenvalue weighted by Crippen LogP contribution is 2.26. The van der Waals surface area contributed by atoms with Crippen LogP contribution in [0.4, 0.5) is 0 Å². The maximum Gasteiger partial charge on any atom is 0.126 e. The fourth-order valence-electron chi connectivity index (χ4n) is 1.78. The van der Waals surface area contributed by atoms with E-state index in [-0.39, 0.29) is 11.5 Å². The largest absolute Gasteiger partial charge is 0.508 e. The standard InChI is InChI=1S/C16H16O4/c1-19-14-7-11(8-15(10-14)20-2)3-4-12-5-6-13(17)9-16(12)18/h3-10,17-18H,1-2H3/b4-3+. The summed E-state index contributed by atoms with van der Waals surface area (Å²) in [6.07, 6.45) is 3.58. The molecule has 0 atom stereocenters. The quantitative estimate of drug-likeness (QED) is 0.838. The number of phenols is 2. The summed E-state index contributed by atoms with van der Waals surface area (Å²) in [5, 5.41) is 19.0. The van der Waals surface area contributed by atoms with Crippen LogP contribution in [-0.2, 0) is 0 Å². The van der Waals surface area contributed by atoms with Crippen molar-refractivity contribution < 1.29 is 19.7 Å². The molecule has 2 aromatic rings. The van der Waals surface area contributed by atoms with Gasteiger partial charge in [-0.05, 0) is 29.8 Å². The maximum absolute atomic E-state index is 9.71. The molecule has 0 aliphatic rings. The van der Waals surface area contributed by atoms with Crippen LogP contribution in [0, 0.1) is 0 Å². The monoisotopic (exact) mass is 272 g/mol. The molecule has 0 aliphatic heterocycles. The Kier molecular flexibility index (Phi) is 4.15. The van der Waals surface area contributed by atoms with Crippen LogP contribution in [0.3, 0.4) is 0 Å². The molecule has 4 heteroatoms. The van der Waals surface area contributed by atoms with Crippen molar-refractivity contribution in [3.8, 4) is 23.0 Å². The number of hydrogen-bond acceptors (Lipinski definition) is 4. The second kappa shape index (κ2) is 6.02. The summed E-state index contributed by atoms with van der Waals surface area (Å²) in [4.78, 5) is 0. The minimum atomic E-state index is 0.0242. The molecule has 0 fully saturated rings. The van der Waals surface area contributed by atoms with Gasteiger partial charge in [0.05, 0.1) is 14.2 Å². The third-order valence-electron chi connectivity index (χ3n) is 2.84. The van der Waals surface area contributed by atoms with Crippen molar-refractivity contribution in [2.24, 2.45) is 0 Å². The molecule has 0 heterocycles. The molecule has 20 heavy (non-hydrogen) atoms. The van der Waals surface area contributed by atoms with Gasteiger partial charge in [-0.1, -0.05) is 12.2 Å². The van der Waals surface area contributed by atoms with Crippen LogP contribution >= 0.6 is 0 Å². The van der Waals surface area contributed by atoms with Crippen molar-refractivity contribution in [3.63, 3.8) is 0 Å². The molecule has 0 aromatic heterocycles. The Balaban J connectivity index is 2.30. The van der Waals surface area contributed by atoms with E-state index >= 15 is 0 Å². The number of rotatable bonds is 4. The number of ether oxygens (including phenoxy) is 2. The van der Waals surface area contributed by atoms with Crippen molar-refractivity contribution in [3.05, 3.63) is 47.5 Å². The van der Waals surface area contributed by atoms with Gasteiger partial charge in [0.2, 0.25) is 0 Å². The number of hydrogen-bond donors (Lipinski definition) is 2. The molecular weight excluding hydrogens is 256 g/mol. The third kappa shape index (κ3) is 3.23. The van der Waals surface area contributed by atoms with Gasteiger partial charge >= 0.3 is 0 Å². The number of benzene rings is 2. The van der Waals surface area contributed by atoms with Crippen LogP contribution in [0.2, 0.25) is 0 Å². The lowest BCUT2D eigenvalue weighted by Crippen LogP contribution is -1.88. The Labute approximate surface area is 117 Å². The molecule has 0 saturated carbocycles. The molecule has 0 aliphatic carbocycles. The first-order valence-corrected chi connectivity index (χ1v) is 6.05. The smallest absolute Gasteiger partial charge is 0.126 e. The number of aromatic hydroxyl groups is 2. The third-order valence-corrected chi connectivity index (χ3v) is 2.84. The molecule has 0 saturated heterocycles. The summed E-state index contributed by atoms with van der Waals surface area (Å²) in [6, 6.07) is 9.96. The van der Waals surface area contributed by atoms with Crippen molar-refractivity contribution in [2.75, 3.05) is 14.2 Å². The van der Waals surface area contributed by atoms with E-state index in [1.165, 1.54) is 12.1 Å². The molecule has 2 aromatic carbocycles. The SMILES string of the molecule is COc1cc(/C=C/c2ccc(O)cc2O)cc(OC)c1. The second-order valence-electron chi connectivity index (χ2n) is 4.22. The van der Waals surface area contributed by atoms with Crippen molar-refractivity contribution >= 4 is 12.2 Å². The lowest BCUT2D eigenvalue weighted by Gasteiger charge is -2.06. The van der Waals surface area contributed by atoms with Crippen LogP contribution < -0.4 is 9.47 Å². The predicted octanol–water partition coefficient (Wildman–Crippen LogP) is 3.29. The van der Waals surface area contributed by atoms with E-state index < -0.39 is 0 Å². The summed E-state index contributed by atoms with van der Waals surface area (Å²) >= 11 is 0. The zero-order chi connectivity index (χ0) is 14.5. The number of methoxy groups -OCH3 is 2. The summed E-state index contributed by atoms with van der Waals surface area (Å²) in [5.74, 6) is 1.44. The van der Waals surface area contributed by atoms with Gasteiger partial charge in [-0.25, -0.2) is 0 Å². The van der Waals surface area contributed by atoms with E-state index in [9.17, 15) is 10.2 Å². The normalized spacial score (nSPS) is 10.7. The summed E-state index contributed by atoms with van der Waals surface area (Å²) < 4.78 is 10.4. The Morgan fingerprint density at radius 1 is 0.850 bits per heavy atom. The highest BCUT2D eigenvalue weighted by molar-refractivity contribution is 5.73. The van der Waals surface area contributed by atoms with Crippen LogP contribution in [-0.4, -0.2) is 24.4 Å². The first-order chi connectivity index (χ1) is 9.62. The molecule has 104 valence electrons. The summed E-state index contributed by atoms with van der Waals surface area (Å²) in [5.41, 5.74) is 1.50. The van der Waals surface area contributed by atoms with Crippen molar-refractivity contribution in [1.82, 2.24) is 0 Å². The molecule has 4 nitrogen and oxygen atoms in total. The first kappa shape index (κ1) is 13.8. The Morgan fingerprint density at radius 2 is 1.50 bits per heavy atom. The minimum Gasteiger partial charge on any atom is -0.508 e. The molecule has 2 N–H and O–H groups in total. The second-order valence-corrected chi connectivity index (χ2v) is 4.22. The predicted molar refractivity (Wildman–Crippen MR) is 78.2 cm³/mol. The van der Waals surface area contributed by atoms with Crippen molar-refractivity contribution in [2.45, 2.75) is 0 Å². The zero-order valence-electron chi connectivity index (χ0n) is 11.3.